The van der Waals surface area contributed by atoms with E-state index in [9.17, 15) is 18.0 Å². The summed E-state index contributed by atoms with van der Waals surface area (Å²) in [6, 6.07) is -0.729. The van der Waals surface area contributed by atoms with Gasteiger partial charge in [-0.05, 0) is 24.2 Å². The van der Waals surface area contributed by atoms with Gasteiger partial charge in [0.25, 0.3) is 0 Å². The van der Waals surface area contributed by atoms with Gasteiger partial charge in [-0.3, -0.25) is 0 Å². The van der Waals surface area contributed by atoms with Crippen LogP contribution in [0.2, 0.25) is 0 Å². The molecule has 1 aliphatic carbocycles. The number of carbonyl (C=O) groups excluding carboxylic acids is 1. The lowest BCUT2D eigenvalue weighted by Gasteiger charge is -2.43. The first-order chi connectivity index (χ1) is 7.58. The van der Waals surface area contributed by atoms with Crippen molar-refractivity contribution in [3.8, 4) is 0 Å². The third-order valence-corrected chi connectivity index (χ3v) is 3.15. The summed E-state index contributed by atoms with van der Waals surface area (Å²) in [5.74, 6) is 0.524. The standard InChI is InChI=1S/C11H19F3N2O/c1-10(2,3)7-4-8(5-7)16-9(17)15-6-11(12,13)14/h7-8H,4-6H2,1-3H3,(H2,15,16,17). The molecule has 0 aromatic carbocycles. The summed E-state index contributed by atoms with van der Waals surface area (Å²) in [4.78, 5) is 11.1. The highest BCUT2D eigenvalue weighted by Crippen LogP contribution is 2.41. The summed E-state index contributed by atoms with van der Waals surface area (Å²) in [5.41, 5.74) is 0.195. The lowest BCUT2D eigenvalue weighted by Crippen LogP contribution is -2.52. The molecule has 1 rings (SSSR count). The maximum atomic E-state index is 11.8. The zero-order valence-electron chi connectivity index (χ0n) is 10.3. The predicted molar refractivity (Wildman–Crippen MR) is 58.6 cm³/mol. The molecule has 0 heterocycles. The molecule has 0 aliphatic heterocycles. The van der Waals surface area contributed by atoms with E-state index in [1.54, 1.807) is 5.32 Å². The molecule has 1 aliphatic rings. The topological polar surface area (TPSA) is 41.1 Å². The number of alkyl halides is 3. The first-order valence-electron chi connectivity index (χ1n) is 5.69. The van der Waals surface area contributed by atoms with Gasteiger partial charge in [0.2, 0.25) is 0 Å². The second-order valence-electron chi connectivity index (χ2n) is 5.67. The summed E-state index contributed by atoms with van der Waals surface area (Å²) < 4.78 is 35.5. The smallest absolute Gasteiger partial charge is 0.335 e. The van der Waals surface area contributed by atoms with Gasteiger partial charge in [-0.15, -0.1) is 0 Å². The summed E-state index contributed by atoms with van der Waals surface area (Å²) in [5, 5.41) is 4.34. The van der Waals surface area contributed by atoms with Gasteiger partial charge in [-0.2, -0.15) is 13.2 Å². The van der Waals surface area contributed by atoms with Crippen molar-refractivity contribution in [2.75, 3.05) is 6.54 Å². The molecule has 0 aromatic rings. The molecule has 0 aromatic heterocycles. The van der Waals surface area contributed by atoms with E-state index in [4.69, 9.17) is 0 Å². The monoisotopic (exact) mass is 252 g/mol. The summed E-state index contributed by atoms with van der Waals surface area (Å²) >= 11 is 0. The molecular weight excluding hydrogens is 233 g/mol. The molecule has 1 saturated carbocycles. The molecule has 0 radical (unpaired) electrons. The Morgan fingerprint density at radius 2 is 1.76 bits per heavy atom. The zero-order chi connectivity index (χ0) is 13.3. The molecular formula is C11H19F3N2O. The first-order valence-corrected chi connectivity index (χ1v) is 5.69. The average Bonchev–Trinajstić information content (AvgIpc) is 2.03. The Bertz CT molecular complexity index is 277. The number of hydrogen-bond donors (Lipinski definition) is 2. The highest BCUT2D eigenvalue weighted by Gasteiger charge is 2.38. The van der Waals surface area contributed by atoms with Crippen LogP contribution in [-0.4, -0.2) is 24.8 Å². The van der Waals surface area contributed by atoms with Crippen LogP contribution in [0.25, 0.3) is 0 Å². The van der Waals surface area contributed by atoms with E-state index in [-0.39, 0.29) is 11.5 Å². The van der Waals surface area contributed by atoms with E-state index >= 15 is 0 Å². The molecule has 1 fully saturated rings. The predicted octanol–water partition coefficient (Wildman–Crippen LogP) is 2.67. The Balaban J connectivity index is 2.19. The number of hydrogen-bond acceptors (Lipinski definition) is 1. The van der Waals surface area contributed by atoms with E-state index in [2.05, 4.69) is 26.1 Å². The molecule has 2 amide bonds. The Morgan fingerprint density at radius 3 is 2.18 bits per heavy atom. The van der Waals surface area contributed by atoms with Crippen molar-refractivity contribution in [3.05, 3.63) is 0 Å². The van der Waals surface area contributed by atoms with Gasteiger partial charge in [-0.1, -0.05) is 20.8 Å². The molecule has 0 spiro atoms. The van der Waals surface area contributed by atoms with E-state index < -0.39 is 18.8 Å². The van der Waals surface area contributed by atoms with Crippen LogP contribution in [0, 0.1) is 11.3 Å². The first kappa shape index (κ1) is 14.1. The van der Waals surface area contributed by atoms with Crippen LogP contribution >= 0.6 is 0 Å². The minimum Gasteiger partial charge on any atom is -0.335 e. The van der Waals surface area contributed by atoms with Crippen LogP contribution in [0.1, 0.15) is 33.6 Å². The quantitative estimate of drug-likeness (QED) is 0.779. The Morgan fingerprint density at radius 1 is 1.24 bits per heavy atom. The third kappa shape index (κ3) is 4.83. The molecule has 100 valence electrons. The number of carbonyl (C=O) groups is 1. The fourth-order valence-electron chi connectivity index (χ4n) is 1.86. The van der Waals surface area contributed by atoms with E-state index in [0.717, 1.165) is 12.8 Å². The highest BCUT2D eigenvalue weighted by molar-refractivity contribution is 5.74. The highest BCUT2D eigenvalue weighted by atomic mass is 19.4. The molecule has 17 heavy (non-hydrogen) atoms. The van der Waals surface area contributed by atoms with Crippen molar-refractivity contribution < 1.29 is 18.0 Å². The summed E-state index contributed by atoms with van der Waals surface area (Å²) in [6.07, 6.45) is -2.68. The summed E-state index contributed by atoms with van der Waals surface area (Å²) in [7, 11) is 0. The summed E-state index contributed by atoms with van der Waals surface area (Å²) in [6.45, 7) is 5.08. The number of amides is 2. The van der Waals surface area contributed by atoms with E-state index in [1.807, 2.05) is 0 Å². The van der Waals surface area contributed by atoms with Gasteiger partial charge < -0.3 is 10.6 Å². The van der Waals surface area contributed by atoms with Gasteiger partial charge in [0.1, 0.15) is 6.54 Å². The van der Waals surface area contributed by atoms with Gasteiger partial charge >= 0.3 is 12.2 Å². The number of rotatable bonds is 2. The fraction of sp³-hybridized carbons (Fsp3) is 0.909. The van der Waals surface area contributed by atoms with E-state index in [0.29, 0.717) is 5.92 Å². The SMILES string of the molecule is CC(C)(C)C1CC(NC(=O)NCC(F)(F)F)C1. The van der Waals surface area contributed by atoms with Gasteiger partial charge in [0, 0.05) is 6.04 Å². The molecule has 6 heteroatoms. The second kappa shape index (κ2) is 4.74. The Hall–Kier alpha value is -0.940. The fourth-order valence-corrected chi connectivity index (χ4v) is 1.86. The number of urea groups is 1. The lowest BCUT2D eigenvalue weighted by atomic mass is 9.66. The van der Waals surface area contributed by atoms with Crippen molar-refractivity contribution in [2.24, 2.45) is 11.3 Å². The van der Waals surface area contributed by atoms with Crippen LogP contribution in [0.4, 0.5) is 18.0 Å². The van der Waals surface area contributed by atoms with Crippen LogP contribution in [0.5, 0.6) is 0 Å². The Labute approximate surface area is 99.1 Å². The van der Waals surface area contributed by atoms with Crippen LogP contribution in [0.3, 0.4) is 0 Å². The van der Waals surface area contributed by atoms with Crippen molar-refractivity contribution >= 4 is 6.03 Å². The van der Waals surface area contributed by atoms with Gasteiger partial charge in [0.15, 0.2) is 0 Å². The molecule has 3 nitrogen and oxygen atoms in total. The Kier molecular flexibility index (Phi) is 3.94. The van der Waals surface area contributed by atoms with Gasteiger partial charge in [-0.25, -0.2) is 4.79 Å². The van der Waals surface area contributed by atoms with E-state index in [1.165, 1.54) is 0 Å². The van der Waals surface area contributed by atoms with Crippen molar-refractivity contribution in [2.45, 2.75) is 45.8 Å². The maximum absolute atomic E-state index is 11.8. The largest absolute Gasteiger partial charge is 0.405 e. The lowest BCUT2D eigenvalue weighted by molar-refractivity contribution is -0.122. The molecule has 2 N–H and O–H groups in total. The van der Waals surface area contributed by atoms with Crippen LogP contribution < -0.4 is 10.6 Å². The van der Waals surface area contributed by atoms with Crippen molar-refractivity contribution in [1.82, 2.24) is 10.6 Å². The second-order valence-corrected chi connectivity index (χ2v) is 5.67. The number of nitrogens with one attached hydrogen (secondary N) is 2. The molecule has 0 bridgehead atoms. The normalized spacial score (nSPS) is 25.1. The van der Waals surface area contributed by atoms with Crippen LogP contribution in [-0.2, 0) is 0 Å². The van der Waals surface area contributed by atoms with Crippen molar-refractivity contribution in [3.63, 3.8) is 0 Å². The van der Waals surface area contributed by atoms with Crippen molar-refractivity contribution in [1.29, 1.82) is 0 Å². The maximum Gasteiger partial charge on any atom is 0.405 e. The third-order valence-electron chi connectivity index (χ3n) is 3.15. The van der Waals surface area contributed by atoms with Gasteiger partial charge in [0.05, 0.1) is 0 Å². The molecule has 0 unspecified atom stereocenters. The molecule has 0 saturated heterocycles. The minimum absolute atomic E-state index is 0.00691. The van der Waals surface area contributed by atoms with Crippen LogP contribution in [0.15, 0.2) is 0 Å². The number of halogens is 3. The molecule has 0 atom stereocenters. The minimum atomic E-state index is -4.36. The average molecular weight is 252 g/mol. The zero-order valence-corrected chi connectivity index (χ0v) is 10.3.